The van der Waals surface area contributed by atoms with Crippen molar-refractivity contribution in [1.29, 1.82) is 0 Å². The number of aromatic amines is 1. The van der Waals surface area contributed by atoms with Crippen LogP contribution in [0.4, 0.5) is 0 Å². The summed E-state index contributed by atoms with van der Waals surface area (Å²) in [6.45, 7) is 5.17. The van der Waals surface area contributed by atoms with Crippen molar-refractivity contribution in [2.45, 2.75) is 152 Å². The molecule has 90 heavy (non-hydrogen) atoms. The van der Waals surface area contributed by atoms with Crippen LogP contribution in [-0.4, -0.2) is 188 Å². The Kier molecular flexibility index (Phi) is 33.0. The summed E-state index contributed by atoms with van der Waals surface area (Å²) >= 11 is 5.60. The third-order valence-electron chi connectivity index (χ3n) is 13.7. The number of H-pyrrole nitrogens is 1. The van der Waals surface area contributed by atoms with Crippen molar-refractivity contribution in [3.8, 4) is 11.5 Å². The van der Waals surface area contributed by atoms with Crippen molar-refractivity contribution in [3.63, 3.8) is 0 Å². The molecule has 3 rings (SSSR count). The fraction of sp³-hybridized carbons (Fsp3) is 0.526. The van der Waals surface area contributed by atoms with Crippen LogP contribution in [0.1, 0.15) is 89.0 Å². The lowest BCUT2D eigenvalue weighted by atomic mass is 10.0. The number of benzene rings is 2. The number of nitrogens with one attached hydrogen (secondary N) is 10. The van der Waals surface area contributed by atoms with E-state index < -0.39 is 138 Å². The molecule has 496 valence electrons. The van der Waals surface area contributed by atoms with E-state index in [2.05, 4.69) is 75.4 Å². The molecule has 31 nitrogen and oxygen atoms in total. The largest absolute Gasteiger partial charge is 0.508 e. The SMILES string of the molecule is CSCC[C@H](NC(=O)[C@H](Cc1ccc(O)cc1)NC(=O)[C@H](CCCCN)NC(=O)[C@H](CS)NC(=O)[C@H](CC(N)=O)NC(=O)[C@H](C)NC(=O)[C@H](CCCN=C(N)N)NC(=O)[C@H](Cc1ccc(O)cc1)NC(=O)[C@@H](N)CC(C)C)C(=O)N[C@@H](Cc1cnc[nH]1)C(=O)O. The molecule has 0 unspecified atom stereocenters. The molecular formula is C57H87N17O14S2. The van der Waals surface area contributed by atoms with Gasteiger partial charge in [-0.05, 0) is 112 Å². The van der Waals surface area contributed by atoms with Crippen molar-refractivity contribution in [2.75, 3.05) is 30.9 Å². The number of phenols is 2. The van der Waals surface area contributed by atoms with Crippen LogP contribution in [-0.2, 0) is 72.0 Å². The monoisotopic (exact) mass is 1300 g/mol. The Hall–Kier alpha value is -8.69. The minimum absolute atomic E-state index is 0.0192. The number of unbranched alkanes of at least 4 members (excludes halogenated alkanes) is 1. The summed E-state index contributed by atoms with van der Waals surface area (Å²) in [6, 6.07) is -2.58. The summed E-state index contributed by atoms with van der Waals surface area (Å²) in [7, 11) is 0. The van der Waals surface area contributed by atoms with E-state index in [1.807, 2.05) is 13.8 Å². The van der Waals surface area contributed by atoms with Gasteiger partial charge in [-0.15, -0.1) is 0 Å². The average Bonchev–Trinajstić information content (AvgIpc) is 2.25. The number of aromatic nitrogens is 2. The summed E-state index contributed by atoms with van der Waals surface area (Å²) in [5.41, 5.74) is 29.8. The topological polar surface area (TPSA) is 528 Å². The van der Waals surface area contributed by atoms with Crippen LogP contribution >= 0.6 is 24.4 Å². The number of aromatic hydroxyl groups is 2. The maximum absolute atomic E-state index is 14.4. The number of aliphatic imine (C=N–C) groups is 1. The molecule has 0 saturated heterocycles. The third kappa shape index (κ3) is 27.8. The van der Waals surface area contributed by atoms with Gasteiger partial charge in [0, 0.05) is 43.5 Å². The first kappa shape index (κ1) is 75.6. The quantitative estimate of drug-likeness (QED) is 0.0113. The molecule has 0 bridgehead atoms. The zero-order valence-electron chi connectivity index (χ0n) is 50.7. The molecule has 33 heteroatoms. The Morgan fingerprint density at radius 1 is 0.578 bits per heavy atom. The molecule has 0 aliphatic rings. The van der Waals surface area contributed by atoms with E-state index >= 15 is 0 Å². The number of carboxylic acids is 1. The molecule has 0 aliphatic carbocycles. The Bertz CT molecular complexity index is 2880. The third-order valence-corrected chi connectivity index (χ3v) is 14.7. The molecule has 0 saturated carbocycles. The fourth-order valence-electron chi connectivity index (χ4n) is 8.82. The molecule has 10 amide bonds. The number of hydrogen-bond donors (Lipinski definition) is 19. The van der Waals surface area contributed by atoms with Crippen molar-refractivity contribution in [1.82, 2.24) is 57.8 Å². The van der Waals surface area contributed by atoms with Crippen LogP contribution in [0.5, 0.6) is 11.5 Å². The lowest BCUT2D eigenvalue weighted by Gasteiger charge is -2.27. The number of hydrogen-bond acceptors (Lipinski definition) is 19. The van der Waals surface area contributed by atoms with Gasteiger partial charge in [-0.25, -0.2) is 9.78 Å². The van der Waals surface area contributed by atoms with Crippen molar-refractivity contribution in [3.05, 3.63) is 77.9 Å². The van der Waals surface area contributed by atoms with Crippen molar-refractivity contribution >= 4 is 95.4 Å². The predicted octanol–water partition coefficient (Wildman–Crippen LogP) is -3.57. The second-order valence-corrected chi connectivity index (χ2v) is 23.0. The van der Waals surface area contributed by atoms with Gasteiger partial charge in [0.2, 0.25) is 59.1 Å². The van der Waals surface area contributed by atoms with Gasteiger partial charge in [0.1, 0.15) is 65.9 Å². The van der Waals surface area contributed by atoms with Crippen molar-refractivity contribution < 1.29 is 68.1 Å². The fourth-order valence-corrected chi connectivity index (χ4v) is 9.55. The number of aliphatic carboxylic acids is 1. The molecule has 23 N–H and O–H groups in total. The Balaban J connectivity index is 1.85. The van der Waals surface area contributed by atoms with Gasteiger partial charge in [-0.2, -0.15) is 24.4 Å². The number of thioether (sulfide) groups is 1. The number of amides is 10. The van der Waals surface area contributed by atoms with Gasteiger partial charge in [-0.3, -0.25) is 52.9 Å². The van der Waals surface area contributed by atoms with Crippen LogP contribution in [0, 0.1) is 5.92 Å². The first-order valence-corrected chi connectivity index (χ1v) is 31.1. The van der Waals surface area contributed by atoms with Crippen molar-refractivity contribution in [2.24, 2.45) is 39.6 Å². The van der Waals surface area contributed by atoms with Crippen LogP contribution in [0.3, 0.4) is 0 Å². The highest BCUT2D eigenvalue weighted by Crippen LogP contribution is 2.16. The average molecular weight is 1300 g/mol. The number of nitrogens with two attached hydrogens (primary N) is 5. The molecule has 3 aromatic rings. The zero-order chi connectivity index (χ0) is 67.0. The number of guanidine groups is 1. The van der Waals surface area contributed by atoms with E-state index in [1.54, 1.807) is 6.26 Å². The summed E-state index contributed by atoms with van der Waals surface area (Å²) in [5, 5.41) is 52.6. The number of imidazole rings is 1. The first-order valence-electron chi connectivity index (χ1n) is 29.0. The first-order chi connectivity index (χ1) is 42.6. The van der Waals surface area contributed by atoms with E-state index in [4.69, 9.17) is 28.7 Å². The minimum atomic E-state index is -1.78. The Morgan fingerprint density at radius 3 is 1.49 bits per heavy atom. The smallest absolute Gasteiger partial charge is 0.326 e. The number of primary amides is 1. The standard InChI is InChI=1S/C57H87N17O14S2/c1-30(2)22-37(59)48(79)71-41(23-32-10-14-35(75)15-11-32)52(83)67-39(9-7-20-64-57(61)62)49(80)66-31(3)47(78)70-43(26-46(60)77)54(85)74-45(28-89)55(86)68-38(8-5-6-19-58)50(81)72-42(24-33-12-16-36(76)17-13-33)53(84)69-40(18-21-90-4)51(82)73-44(56(87)88)25-34-27-63-29-65-34/h10-17,27,29-31,37-45,75-76,89H,5-9,18-26,28,58-59H2,1-4H3,(H2,60,77)(H,63,65)(H,66,80)(H,67,83)(H,68,86)(H,69,84)(H,70,78)(H,71,79)(H,72,81)(H,73,82)(H,74,85)(H,87,88)(H4,61,62,64)/t31-,37-,38-,39-,40-,41-,42-,43-,44-,45-/m0/s1. The van der Waals surface area contributed by atoms with Gasteiger partial charge >= 0.3 is 5.97 Å². The van der Waals surface area contributed by atoms with E-state index in [0.717, 1.165) is 0 Å². The lowest BCUT2D eigenvalue weighted by molar-refractivity contribution is -0.142. The summed E-state index contributed by atoms with van der Waals surface area (Å²) in [6.07, 6.45) is 4.15. The molecular weight excluding hydrogens is 1210 g/mol. The number of phenolic OH excluding ortho intramolecular Hbond substituents is 2. The second kappa shape index (κ2) is 39.3. The van der Waals surface area contributed by atoms with Crippen LogP contribution < -0.4 is 76.5 Å². The highest BCUT2D eigenvalue weighted by Gasteiger charge is 2.36. The molecule has 1 heterocycles. The Morgan fingerprint density at radius 2 is 1.02 bits per heavy atom. The van der Waals surface area contributed by atoms with Gasteiger partial charge in [0.15, 0.2) is 5.96 Å². The normalized spacial score (nSPS) is 14.4. The van der Waals surface area contributed by atoms with Gasteiger partial charge in [0.05, 0.1) is 18.8 Å². The van der Waals surface area contributed by atoms with E-state index in [-0.39, 0.29) is 94.3 Å². The van der Waals surface area contributed by atoms with Gasteiger partial charge < -0.3 is 96.8 Å². The number of carboxylic acid groups (broad SMARTS) is 1. The van der Waals surface area contributed by atoms with Gasteiger partial charge in [-0.1, -0.05) is 38.1 Å². The predicted molar refractivity (Wildman–Crippen MR) is 338 cm³/mol. The molecule has 10 atom stereocenters. The molecule has 0 aliphatic heterocycles. The highest BCUT2D eigenvalue weighted by atomic mass is 32.2. The van der Waals surface area contributed by atoms with Crippen LogP contribution in [0.15, 0.2) is 66.0 Å². The van der Waals surface area contributed by atoms with Gasteiger partial charge in [0.25, 0.3) is 0 Å². The molecule has 2 aromatic carbocycles. The second-order valence-electron chi connectivity index (χ2n) is 21.7. The summed E-state index contributed by atoms with van der Waals surface area (Å²) in [5.74, 6) is -11.0. The summed E-state index contributed by atoms with van der Waals surface area (Å²) < 4.78 is 0. The van der Waals surface area contributed by atoms with E-state index in [0.29, 0.717) is 29.0 Å². The van der Waals surface area contributed by atoms with E-state index in [9.17, 15) is 68.1 Å². The molecule has 1 aromatic heterocycles. The summed E-state index contributed by atoms with van der Waals surface area (Å²) in [4.78, 5) is 161. The molecule has 0 radical (unpaired) electrons. The lowest BCUT2D eigenvalue weighted by Crippen LogP contribution is -2.61. The molecule has 0 spiro atoms. The number of carbonyl (C=O) groups excluding carboxylic acids is 10. The molecule has 0 fully saturated rings. The number of nitrogens with zero attached hydrogens (tertiary/aromatic N) is 2. The zero-order valence-corrected chi connectivity index (χ0v) is 52.4. The highest BCUT2D eigenvalue weighted by molar-refractivity contribution is 7.98. The van der Waals surface area contributed by atoms with Crippen LogP contribution in [0.2, 0.25) is 0 Å². The Labute approximate surface area is 530 Å². The minimum Gasteiger partial charge on any atom is -0.508 e. The number of thiol groups is 1. The van der Waals surface area contributed by atoms with E-state index in [1.165, 1.54) is 79.7 Å². The number of rotatable bonds is 41. The maximum Gasteiger partial charge on any atom is 0.326 e. The van der Waals surface area contributed by atoms with Crippen LogP contribution in [0.25, 0.3) is 0 Å². The number of carbonyl (C=O) groups is 11. The maximum atomic E-state index is 14.4.